The van der Waals surface area contributed by atoms with Crippen molar-refractivity contribution in [3.8, 4) is 0 Å². The number of hydrogen-bond acceptors (Lipinski definition) is 3. The van der Waals surface area contributed by atoms with Gasteiger partial charge in [-0.2, -0.15) is 0 Å². The molecule has 1 N–H and O–H groups in total. The number of nitrogens with zero attached hydrogens (tertiary/aromatic N) is 1. The molecule has 16 heavy (non-hydrogen) atoms. The first-order valence-electron chi connectivity index (χ1n) is 5.82. The van der Waals surface area contributed by atoms with Gasteiger partial charge < -0.3 is 5.11 Å². The van der Waals surface area contributed by atoms with Gasteiger partial charge in [-0.1, -0.05) is 6.42 Å². The monoisotopic (exact) mass is 303 g/mol. The Bertz CT molecular complexity index is 340. The van der Waals surface area contributed by atoms with Crippen LogP contribution in [0.3, 0.4) is 0 Å². The summed E-state index contributed by atoms with van der Waals surface area (Å²) in [7, 11) is 0. The first-order chi connectivity index (χ1) is 7.66. The van der Waals surface area contributed by atoms with Crippen LogP contribution in [-0.2, 0) is 6.54 Å². The highest BCUT2D eigenvalue weighted by molar-refractivity contribution is 9.11. The minimum atomic E-state index is -0.220. The number of thiophene rings is 1. The molecule has 0 radical (unpaired) electrons. The van der Waals surface area contributed by atoms with Gasteiger partial charge >= 0.3 is 0 Å². The van der Waals surface area contributed by atoms with E-state index in [0.717, 1.165) is 19.5 Å². The Morgan fingerprint density at radius 3 is 3.06 bits per heavy atom. The van der Waals surface area contributed by atoms with Crippen molar-refractivity contribution >= 4 is 27.3 Å². The summed E-state index contributed by atoms with van der Waals surface area (Å²) < 4.78 is 1.19. The van der Waals surface area contributed by atoms with Gasteiger partial charge in [0.15, 0.2) is 0 Å². The van der Waals surface area contributed by atoms with Crippen LogP contribution < -0.4 is 0 Å². The number of aliphatic hydroxyl groups excluding tert-OH is 1. The molecule has 0 aliphatic carbocycles. The first-order valence-corrected chi connectivity index (χ1v) is 7.49. The van der Waals surface area contributed by atoms with Crippen molar-refractivity contribution in [3.05, 3.63) is 20.8 Å². The van der Waals surface area contributed by atoms with Crippen molar-refractivity contribution in [1.29, 1.82) is 0 Å². The molecule has 1 aromatic rings. The molecule has 2 nitrogen and oxygen atoms in total. The summed E-state index contributed by atoms with van der Waals surface area (Å²) in [5.41, 5.74) is 1.35. The van der Waals surface area contributed by atoms with E-state index in [1.54, 1.807) is 11.3 Å². The molecular formula is C12H18BrNOS. The van der Waals surface area contributed by atoms with Crippen LogP contribution in [0.1, 0.15) is 31.7 Å². The van der Waals surface area contributed by atoms with Gasteiger partial charge in [0, 0.05) is 12.6 Å². The predicted molar refractivity (Wildman–Crippen MR) is 71.7 cm³/mol. The molecule has 2 rings (SSSR count). The molecule has 0 aromatic carbocycles. The minimum Gasteiger partial charge on any atom is -0.392 e. The van der Waals surface area contributed by atoms with E-state index < -0.39 is 0 Å². The van der Waals surface area contributed by atoms with E-state index in [2.05, 4.69) is 32.3 Å². The number of rotatable bonds is 3. The van der Waals surface area contributed by atoms with Crippen LogP contribution in [0.15, 0.2) is 15.2 Å². The summed E-state index contributed by atoms with van der Waals surface area (Å²) in [4.78, 5) is 2.42. The van der Waals surface area contributed by atoms with E-state index in [4.69, 9.17) is 0 Å². The highest BCUT2D eigenvalue weighted by atomic mass is 79.9. The average molecular weight is 304 g/mol. The van der Waals surface area contributed by atoms with E-state index in [1.165, 1.54) is 22.2 Å². The zero-order valence-electron chi connectivity index (χ0n) is 9.53. The van der Waals surface area contributed by atoms with E-state index in [-0.39, 0.29) is 6.10 Å². The van der Waals surface area contributed by atoms with Crippen LogP contribution in [0.25, 0.3) is 0 Å². The molecule has 1 aliphatic heterocycles. The van der Waals surface area contributed by atoms with Crippen LogP contribution >= 0.6 is 27.3 Å². The smallest absolute Gasteiger partial charge is 0.0701 e. The normalized spacial score (nSPS) is 24.6. The van der Waals surface area contributed by atoms with E-state index in [9.17, 15) is 5.11 Å². The Morgan fingerprint density at radius 2 is 2.44 bits per heavy atom. The number of piperidine rings is 1. The van der Waals surface area contributed by atoms with Crippen molar-refractivity contribution in [2.45, 2.75) is 44.9 Å². The summed E-state index contributed by atoms with van der Waals surface area (Å²) in [6, 6.07) is 2.52. The third-order valence-corrected chi connectivity index (χ3v) is 4.78. The molecule has 0 saturated carbocycles. The average Bonchev–Trinajstić information content (AvgIpc) is 2.64. The Labute approximate surface area is 109 Å². The molecule has 0 spiro atoms. The quantitative estimate of drug-likeness (QED) is 0.926. The van der Waals surface area contributed by atoms with Crippen LogP contribution in [0.2, 0.25) is 0 Å². The third-order valence-electron chi connectivity index (χ3n) is 3.23. The van der Waals surface area contributed by atoms with Gasteiger partial charge in [-0.15, -0.1) is 11.3 Å². The molecule has 1 aromatic heterocycles. The highest BCUT2D eigenvalue weighted by Crippen LogP contribution is 2.26. The van der Waals surface area contributed by atoms with E-state index in [0.29, 0.717) is 6.04 Å². The molecule has 1 saturated heterocycles. The largest absolute Gasteiger partial charge is 0.392 e. The predicted octanol–water partition coefficient (Wildman–Crippen LogP) is 3.25. The van der Waals surface area contributed by atoms with Crippen molar-refractivity contribution in [2.24, 2.45) is 0 Å². The maximum atomic E-state index is 9.78. The topological polar surface area (TPSA) is 23.5 Å². The van der Waals surface area contributed by atoms with Gasteiger partial charge in [-0.3, -0.25) is 4.90 Å². The Morgan fingerprint density at radius 1 is 1.62 bits per heavy atom. The molecule has 2 atom stereocenters. The lowest BCUT2D eigenvalue weighted by Crippen LogP contribution is -2.45. The molecule has 1 fully saturated rings. The van der Waals surface area contributed by atoms with Gasteiger partial charge in [0.05, 0.1) is 9.89 Å². The molecular weight excluding hydrogens is 286 g/mol. The van der Waals surface area contributed by atoms with Crippen LogP contribution in [0.5, 0.6) is 0 Å². The zero-order chi connectivity index (χ0) is 11.5. The second-order valence-corrected chi connectivity index (χ2v) is 6.82. The van der Waals surface area contributed by atoms with E-state index in [1.807, 2.05) is 6.92 Å². The van der Waals surface area contributed by atoms with Crippen LogP contribution in [-0.4, -0.2) is 28.7 Å². The molecule has 2 unspecified atom stereocenters. The Balaban J connectivity index is 2.01. The standard InChI is InChI=1S/C12H18BrNOS/c1-9(15)11-4-2-3-5-14(11)7-10-6-12(13)16-8-10/h6,8-9,11,15H,2-5,7H2,1H3. The fraction of sp³-hybridized carbons (Fsp3) is 0.667. The van der Waals surface area contributed by atoms with Crippen molar-refractivity contribution in [1.82, 2.24) is 4.90 Å². The number of halogens is 1. The van der Waals surface area contributed by atoms with Gasteiger partial charge in [0.2, 0.25) is 0 Å². The number of aliphatic hydroxyl groups is 1. The first kappa shape index (κ1) is 12.6. The van der Waals surface area contributed by atoms with Crippen LogP contribution in [0, 0.1) is 0 Å². The fourth-order valence-corrected chi connectivity index (χ4v) is 3.62. The molecule has 0 bridgehead atoms. The molecule has 0 amide bonds. The highest BCUT2D eigenvalue weighted by Gasteiger charge is 2.26. The number of hydrogen-bond donors (Lipinski definition) is 1. The maximum absolute atomic E-state index is 9.78. The van der Waals surface area contributed by atoms with Crippen LogP contribution in [0.4, 0.5) is 0 Å². The summed E-state index contributed by atoms with van der Waals surface area (Å²) in [5, 5.41) is 12.0. The minimum absolute atomic E-state index is 0.220. The molecule has 2 heterocycles. The summed E-state index contributed by atoms with van der Waals surface area (Å²) in [5.74, 6) is 0. The lowest BCUT2D eigenvalue weighted by Gasteiger charge is -2.37. The Kier molecular flexibility index (Phi) is 4.41. The van der Waals surface area contributed by atoms with Gasteiger partial charge in [0.25, 0.3) is 0 Å². The van der Waals surface area contributed by atoms with Gasteiger partial charge in [-0.05, 0) is 59.2 Å². The maximum Gasteiger partial charge on any atom is 0.0701 e. The summed E-state index contributed by atoms with van der Waals surface area (Å²) >= 11 is 5.22. The second-order valence-electron chi connectivity index (χ2n) is 4.53. The third kappa shape index (κ3) is 3.06. The zero-order valence-corrected chi connectivity index (χ0v) is 11.9. The van der Waals surface area contributed by atoms with Crippen molar-refractivity contribution < 1.29 is 5.11 Å². The molecule has 90 valence electrons. The second kappa shape index (κ2) is 5.63. The van der Waals surface area contributed by atoms with Gasteiger partial charge in [0.1, 0.15) is 0 Å². The lowest BCUT2D eigenvalue weighted by atomic mass is 9.98. The van der Waals surface area contributed by atoms with Gasteiger partial charge in [-0.25, -0.2) is 0 Å². The Hall–Kier alpha value is 0.100. The summed E-state index contributed by atoms with van der Waals surface area (Å²) in [6.45, 7) is 3.99. The number of likely N-dealkylation sites (tertiary alicyclic amines) is 1. The van der Waals surface area contributed by atoms with E-state index >= 15 is 0 Å². The molecule has 1 aliphatic rings. The lowest BCUT2D eigenvalue weighted by molar-refractivity contribution is 0.0317. The molecule has 4 heteroatoms. The van der Waals surface area contributed by atoms with Crippen molar-refractivity contribution in [2.75, 3.05) is 6.54 Å². The summed E-state index contributed by atoms with van der Waals surface area (Å²) in [6.07, 6.45) is 3.42. The SMILES string of the molecule is CC(O)C1CCCCN1Cc1csc(Br)c1. The fourth-order valence-electron chi connectivity index (χ4n) is 2.42. The van der Waals surface area contributed by atoms with Crippen molar-refractivity contribution in [3.63, 3.8) is 0 Å².